The molecule has 1 heterocycles. The highest BCUT2D eigenvalue weighted by Crippen LogP contribution is 2.28. The van der Waals surface area contributed by atoms with Crippen molar-refractivity contribution < 1.29 is 27.4 Å². The number of hydrogen-bond acceptors (Lipinski definition) is 4. The minimum Gasteiger partial charge on any atom is -0.480 e. The number of nitrogens with zero attached hydrogens (tertiary/aromatic N) is 1. The minimum absolute atomic E-state index is 0.192. The summed E-state index contributed by atoms with van der Waals surface area (Å²) >= 11 is 0. The zero-order chi connectivity index (χ0) is 17.2. The van der Waals surface area contributed by atoms with E-state index in [0.717, 1.165) is 10.4 Å². The van der Waals surface area contributed by atoms with E-state index in [0.29, 0.717) is 26.1 Å². The number of halogens is 1. The van der Waals surface area contributed by atoms with Crippen molar-refractivity contribution in [3.8, 4) is 0 Å². The summed E-state index contributed by atoms with van der Waals surface area (Å²) in [6.45, 7) is 2.24. The van der Waals surface area contributed by atoms with Gasteiger partial charge in [-0.2, -0.15) is 4.31 Å². The van der Waals surface area contributed by atoms with Crippen LogP contribution in [0.5, 0.6) is 0 Å². The fourth-order valence-corrected chi connectivity index (χ4v) is 4.32. The molecular weight excluding hydrogens is 325 g/mol. The Labute approximate surface area is 134 Å². The highest BCUT2D eigenvalue weighted by atomic mass is 32.2. The second-order valence-corrected chi connectivity index (χ2v) is 7.61. The van der Waals surface area contributed by atoms with Crippen molar-refractivity contribution in [2.45, 2.75) is 30.7 Å². The first-order chi connectivity index (χ1) is 10.8. The van der Waals surface area contributed by atoms with E-state index in [1.165, 1.54) is 26.1 Å². The third kappa shape index (κ3) is 3.54. The topological polar surface area (TPSA) is 83.9 Å². The molecule has 1 aromatic carbocycles. The molecule has 1 aromatic rings. The van der Waals surface area contributed by atoms with E-state index in [2.05, 4.69) is 0 Å². The van der Waals surface area contributed by atoms with Crippen molar-refractivity contribution in [2.75, 3.05) is 20.3 Å². The summed E-state index contributed by atoms with van der Waals surface area (Å²) in [4.78, 5) is 11.1. The van der Waals surface area contributed by atoms with Crippen molar-refractivity contribution >= 4 is 16.0 Å². The van der Waals surface area contributed by atoms with Crippen LogP contribution in [-0.2, 0) is 19.6 Å². The van der Waals surface area contributed by atoms with Crippen molar-refractivity contribution in [1.82, 2.24) is 4.31 Å². The van der Waals surface area contributed by atoms with Gasteiger partial charge < -0.3 is 9.84 Å². The maximum absolute atomic E-state index is 14.2. The Hall–Kier alpha value is -1.51. The number of aryl methyl sites for hydroxylation is 1. The molecule has 6 nitrogen and oxygen atoms in total. The molecule has 0 aromatic heterocycles. The second-order valence-electron chi connectivity index (χ2n) is 5.64. The third-order valence-corrected chi connectivity index (χ3v) is 6.03. The summed E-state index contributed by atoms with van der Waals surface area (Å²) in [6.07, 6.45) is 0.903. The Balaban J connectivity index is 2.40. The van der Waals surface area contributed by atoms with E-state index in [-0.39, 0.29) is 11.5 Å². The Kier molecular flexibility index (Phi) is 5.38. The van der Waals surface area contributed by atoms with Crippen molar-refractivity contribution in [2.24, 2.45) is 5.92 Å². The van der Waals surface area contributed by atoms with Gasteiger partial charge in [0.25, 0.3) is 0 Å². The van der Waals surface area contributed by atoms with Gasteiger partial charge in [-0.1, -0.05) is 12.1 Å². The van der Waals surface area contributed by atoms with E-state index in [4.69, 9.17) is 4.74 Å². The highest BCUT2D eigenvalue weighted by molar-refractivity contribution is 7.89. The summed E-state index contributed by atoms with van der Waals surface area (Å²) in [6, 6.07) is 2.80. The zero-order valence-electron chi connectivity index (χ0n) is 13.0. The van der Waals surface area contributed by atoms with Crippen molar-refractivity contribution in [1.29, 1.82) is 0 Å². The van der Waals surface area contributed by atoms with E-state index >= 15 is 0 Å². The molecule has 0 spiro atoms. The number of carbonyl (C=O) groups is 1. The van der Waals surface area contributed by atoms with Crippen molar-refractivity contribution in [3.05, 3.63) is 29.6 Å². The van der Waals surface area contributed by atoms with Gasteiger partial charge in [0.15, 0.2) is 0 Å². The molecule has 128 valence electrons. The number of carboxylic acids is 1. The van der Waals surface area contributed by atoms with Gasteiger partial charge in [0, 0.05) is 20.3 Å². The lowest BCUT2D eigenvalue weighted by Crippen LogP contribution is -2.48. The van der Waals surface area contributed by atoms with Gasteiger partial charge >= 0.3 is 5.97 Å². The van der Waals surface area contributed by atoms with Gasteiger partial charge in [-0.25, -0.2) is 12.8 Å². The lowest BCUT2D eigenvalue weighted by molar-refractivity contribution is -0.144. The summed E-state index contributed by atoms with van der Waals surface area (Å²) in [7, 11) is -3.06. The smallest absolute Gasteiger partial charge is 0.322 e. The number of benzene rings is 1. The van der Waals surface area contributed by atoms with Crippen LogP contribution in [0, 0.1) is 18.7 Å². The zero-order valence-corrected chi connectivity index (χ0v) is 13.8. The molecule has 2 rings (SSSR count). The average Bonchev–Trinajstić information content (AvgIpc) is 2.50. The van der Waals surface area contributed by atoms with E-state index in [1.54, 1.807) is 0 Å². The van der Waals surface area contributed by atoms with Crippen LogP contribution >= 0.6 is 0 Å². The minimum atomic E-state index is -4.25. The van der Waals surface area contributed by atoms with Gasteiger partial charge in [-0.3, -0.25) is 4.79 Å². The number of carboxylic acid groups (broad SMARTS) is 1. The molecule has 23 heavy (non-hydrogen) atoms. The summed E-state index contributed by atoms with van der Waals surface area (Å²) in [5.41, 5.74) is 0.192. The lowest BCUT2D eigenvalue weighted by Gasteiger charge is -2.33. The molecule has 1 unspecified atom stereocenters. The molecule has 0 aliphatic carbocycles. The van der Waals surface area contributed by atoms with Crippen LogP contribution in [-0.4, -0.2) is 50.1 Å². The Bertz CT molecular complexity index is 685. The number of hydrogen-bond donors (Lipinski definition) is 1. The lowest BCUT2D eigenvalue weighted by atomic mass is 9.92. The Morgan fingerprint density at radius 1 is 1.39 bits per heavy atom. The van der Waals surface area contributed by atoms with Gasteiger partial charge in [-0.15, -0.1) is 0 Å². The normalized spacial score (nSPS) is 18.1. The van der Waals surface area contributed by atoms with Crippen LogP contribution in [0.15, 0.2) is 23.1 Å². The van der Waals surface area contributed by atoms with E-state index in [1.807, 2.05) is 0 Å². The predicted molar refractivity (Wildman–Crippen MR) is 81.1 cm³/mol. The molecule has 0 radical (unpaired) electrons. The molecule has 0 saturated carbocycles. The summed E-state index contributed by atoms with van der Waals surface area (Å²) in [5.74, 6) is -2.46. The van der Waals surface area contributed by atoms with E-state index < -0.39 is 32.7 Å². The largest absolute Gasteiger partial charge is 0.480 e. The first-order valence-corrected chi connectivity index (χ1v) is 8.74. The predicted octanol–water partition coefficient (Wildman–Crippen LogP) is 1.63. The molecule has 1 aliphatic rings. The number of ether oxygens (including phenoxy) is 1. The molecule has 0 bridgehead atoms. The summed E-state index contributed by atoms with van der Waals surface area (Å²) in [5, 5.41) is 9.49. The fraction of sp³-hybridized carbons (Fsp3) is 0.533. The van der Waals surface area contributed by atoms with Crippen LogP contribution in [0.25, 0.3) is 0 Å². The Morgan fingerprint density at radius 3 is 2.57 bits per heavy atom. The van der Waals surface area contributed by atoms with E-state index in [9.17, 15) is 22.7 Å². The SMILES string of the molecule is Cc1cccc(S(=O)(=O)N(C)C(C(=O)O)C2CCOCC2)c1F. The molecular formula is C15H20FNO5S. The number of rotatable bonds is 5. The van der Waals surface area contributed by atoms with Crippen LogP contribution < -0.4 is 0 Å². The van der Waals surface area contributed by atoms with Gasteiger partial charge in [-0.05, 0) is 37.3 Å². The van der Waals surface area contributed by atoms with Gasteiger partial charge in [0.05, 0.1) is 0 Å². The molecule has 1 aliphatic heterocycles. The van der Waals surface area contributed by atoms with Gasteiger partial charge in [0.2, 0.25) is 10.0 Å². The molecule has 1 fully saturated rings. The average molecular weight is 345 g/mol. The van der Waals surface area contributed by atoms with Crippen LogP contribution in [0.1, 0.15) is 18.4 Å². The maximum Gasteiger partial charge on any atom is 0.322 e. The molecule has 8 heteroatoms. The van der Waals surface area contributed by atoms with Crippen molar-refractivity contribution in [3.63, 3.8) is 0 Å². The number of sulfonamides is 1. The highest BCUT2D eigenvalue weighted by Gasteiger charge is 2.40. The number of likely N-dealkylation sites (N-methyl/N-ethyl adjacent to an activating group) is 1. The Morgan fingerprint density at radius 2 is 2.00 bits per heavy atom. The first kappa shape index (κ1) is 17.8. The molecule has 1 saturated heterocycles. The quantitative estimate of drug-likeness (QED) is 0.877. The second kappa shape index (κ2) is 6.94. The fourth-order valence-electron chi connectivity index (χ4n) is 2.81. The molecule has 0 amide bonds. The molecule has 1 atom stereocenters. The summed E-state index contributed by atoms with van der Waals surface area (Å²) < 4.78 is 45.5. The number of aliphatic carboxylic acids is 1. The van der Waals surface area contributed by atoms with Crippen LogP contribution in [0.4, 0.5) is 4.39 Å². The first-order valence-electron chi connectivity index (χ1n) is 7.30. The molecule has 1 N–H and O–H groups in total. The van der Waals surface area contributed by atoms with Crippen LogP contribution in [0.3, 0.4) is 0 Å². The third-order valence-electron chi connectivity index (χ3n) is 4.17. The van der Waals surface area contributed by atoms with Crippen LogP contribution in [0.2, 0.25) is 0 Å². The van der Waals surface area contributed by atoms with Gasteiger partial charge in [0.1, 0.15) is 16.8 Å². The monoisotopic (exact) mass is 345 g/mol. The standard InChI is InChI=1S/C15H20FNO5S/c1-10-4-3-5-12(13(10)16)23(20,21)17(2)14(15(18)19)11-6-8-22-9-7-11/h3-5,11,14H,6-9H2,1-2H3,(H,18,19). The maximum atomic E-state index is 14.2.